The number of benzene rings is 1. The van der Waals surface area contributed by atoms with E-state index in [-0.39, 0.29) is 11.6 Å². The summed E-state index contributed by atoms with van der Waals surface area (Å²) in [6.07, 6.45) is 8.07. The summed E-state index contributed by atoms with van der Waals surface area (Å²) in [6, 6.07) is 10.5. The number of nitrogens with two attached hydrogens (primary N) is 1. The molecule has 0 amide bonds. The van der Waals surface area contributed by atoms with Gasteiger partial charge in [0.05, 0.1) is 11.6 Å². The Labute approximate surface area is 127 Å². The van der Waals surface area contributed by atoms with Crippen molar-refractivity contribution in [1.82, 2.24) is 9.88 Å². The summed E-state index contributed by atoms with van der Waals surface area (Å²) in [7, 11) is 4.34. The van der Waals surface area contributed by atoms with E-state index in [2.05, 4.69) is 48.2 Å². The number of rotatable bonds is 3. The van der Waals surface area contributed by atoms with Crippen LogP contribution in [0.5, 0.6) is 0 Å². The molecule has 2 aromatic rings. The van der Waals surface area contributed by atoms with E-state index in [1.807, 2.05) is 12.3 Å². The topological polar surface area (TPSA) is 42.1 Å². The van der Waals surface area contributed by atoms with Crippen molar-refractivity contribution < 1.29 is 0 Å². The van der Waals surface area contributed by atoms with Crippen LogP contribution in [-0.4, -0.2) is 29.5 Å². The van der Waals surface area contributed by atoms with Gasteiger partial charge in [0.2, 0.25) is 0 Å². The molecule has 0 aliphatic heterocycles. The van der Waals surface area contributed by atoms with Crippen molar-refractivity contribution in [3.63, 3.8) is 0 Å². The highest BCUT2D eigenvalue weighted by molar-refractivity contribution is 5.82. The smallest absolute Gasteiger partial charge is 0.0750 e. The maximum absolute atomic E-state index is 6.79. The first kappa shape index (κ1) is 14.5. The van der Waals surface area contributed by atoms with Crippen LogP contribution in [-0.2, 0) is 0 Å². The van der Waals surface area contributed by atoms with E-state index in [0.717, 1.165) is 5.52 Å². The van der Waals surface area contributed by atoms with Gasteiger partial charge in [-0.25, -0.2) is 0 Å². The van der Waals surface area contributed by atoms with E-state index in [1.54, 1.807) is 0 Å². The molecule has 1 saturated carbocycles. The van der Waals surface area contributed by atoms with E-state index in [0.29, 0.717) is 0 Å². The van der Waals surface area contributed by atoms with Crippen LogP contribution < -0.4 is 5.73 Å². The summed E-state index contributed by atoms with van der Waals surface area (Å²) in [5, 5.41) is 1.18. The number of aromatic nitrogens is 1. The van der Waals surface area contributed by atoms with E-state index in [4.69, 9.17) is 5.73 Å². The van der Waals surface area contributed by atoms with Crippen molar-refractivity contribution in [2.75, 3.05) is 14.1 Å². The molecule has 1 aliphatic carbocycles. The molecule has 1 aliphatic rings. The molecule has 3 rings (SSSR count). The highest BCUT2D eigenvalue weighted by Gasteiger charge is 2.41. The third-order valence-corrected chi connectivity index (χ3v) is 5.19. The van der Waals surface area contributed by atoms with Crippen molar-refractivity contribution in [3.05, 3.63) is 42.1 Å². The van der Waals surface area contributed by atoms with Gasteiger partial charge in [-0.2, -0.15) is 0 Å². The van der Waals surface area contributed by atoms with Gasteiger partial charge < -0.3 is 10.6 Å². The monoisotopic (exact) mass is 283 g/mol. The second kappa shape index (κ2) is 5.74. The zero-order chi connectivity index (χ0) is 14.9. The zero-order valence-electron chi connectivity index (χ0n) is 13.0. The first-order valence-electron chi connectivity index (χ1n) is 7.92. The van der Waals surface area contributed by atoms with E-state index >= 15 is 0 Å². The van der Waals surface area contributed by atoms with Crippen molar-refractivity contribution >= 4 is 10.9 Å². The Morgan fingerprint density at radius 2 is 1.81 bits per heavy atom. The van der Waals surface area contributed by atoms with Gasteiger partial charge in [0, 0.05) is 17.1 Å². The Morgan fingerprint density at radius 1 is 1.10 bits per heavy atom. The SMILES string of the molecule is CN(C)C1(C(N)c2cccc3cccnc23)CCCCC1. The summed E-state index contributed by atoms with van der Waals surface area (Å²) in [5.41, 5.74) is 9.09. The summed E-state index contributed by atoms with van der Waals surface area (Å²) in [6.45, 7) is 0. The Hall–Kier alpha value is -1.45. The van der Waals surface area contributed by atoms with E-state index < -0.39 is 0 Å². The number of fused-ring (bicyclic) bond motifs is 1. The fourth-order valence-corrected chi connectivity index (χ4v) is 3.87. The molecule has 21 heavy (non-hydrogen) atoms. The number of likely N-dealkylation sites (N-methyl/N-ethyl adjacent to an activating group) is 1. The number of pyridine rings is 1. The minimum atomic E-state index is 0.00593. The second-order valence-corrected chi connectivity index (χ2v) is 6.46. The van der Waals surface area contributed by atoms with Crippen LogP contribution in [0.2, 0.25) is 0 Å². The standard InChI is InChI=1S/C18H25N3/c1-21(2)18(11-4-3-5-12-18)17(19)15-10-6-8-14-9-7-13-20-16(14)15/h6-10,13,17H,3-5,11-12,19H2,1-2H3. The minimum absolute atomic E-state index is 0.00593. The molecule has 1 unspecified atom stereocenters. The summed E-state index contributed by atoms with van der Waals surface area (Å²) in [5.74, 6) is 0. The first-order chi connectivity index (χ1) is 10.1. The van der Waals surface area contributed by atoms with Crippen molar-refractivity contribution in [1.29, 1.82) is 0 Å². The van der Waals surface area contributed by atoms with Crippen LogP contribution in [0.15, 0.2) is 36.5 Å². The molecule has 3 nitrogen and oxygen atoms in total. The van der Waals surface area contributed by atoms with Crippen LogP contribution in [0.25, 0.3) is 10.9 Å². The average Bonchev–Trinajstić information content (AvgIpc) is 2.54. The maximum atomic E-state index is 6.79. The Bertz CT molecular complexity index is 609. The maximum Gasteiger partial charge on any atom is 0.0750 e. The minimum Gasteiger partial charge on any atom is -0.322 e. The summed E-state index contributed by atoms with van der Waals surface area (Å²) in [4.78, 5) is 6.93. The van der Waals surface area contributed by atoms with Crippen LogP contribution in [0.1, 0.15) is 43.7 Å². The van der Waals surface area contributed by atoms with Crippen molar-refractivity contribution in [3.8, 4) is 0 Å². The van der Waals surface area contributed by atoms with Crippen molar-refractivity contribution in [2.24, 2.45) is 5.73 Å². The van der Waals surface area contributed by atoms with Gasteiger partial charge in [0.1, 0.15) is 0 Å². The fraction of sp³-hybridized carbons (Fsp3) is 0.500. The highest BCUT2D eigenvalue weighted by atomic mass is 15.2. The average molecular weight is 283 g/mol. The van der Waals surface area contributed by atoms with E-state index in [1.165, 1.54) is 43.1 Å². The molecule has 0 saturated heterocycles. The van der Waals surface area contributed by atoms with Crippen molar-refractivity contribution in [2.45, 2.75) is 43.7 Å². The Kier molecular flexibility index (Phi) is 3.96. The number of nitrogens with zero attached hydrogens (tertiary/aromatic N) is 2. The lowest BCUT2D eigenvalue weighted by Gasteiger charge is -2.47. The van der Waals surface area contributed by atoms with Gasteiger partial charge in [0.25, 0.3) is 0 Å². The number of hydrogen-bond donors (Lipinski definition) is 1. The molecule has 0 bridgehead atoms. The number of para-hydroxylation sites is 1. The molecule has 1 fully saturated rings. The summed E-state index contributed by atoms with van der Waals surface area (Å²) < 4.78 is 0. The molecule has 112 valence electrons. The third-order valence-electron chi connectivity index (χ3n) is 5.19. The molecule has 2 N–H and O–H groups in total. The molecule has 3 heteroatoms. The molecule has 1 aromatic heterocycles. The lowest BCUT2D eigenvalue weighted by atomic mass is 9.73. The van der Waals surface area contributed by atoms with Gasteiger partial charge in [-0.3, -0.25) is 4.98 Å². The lowest BCUT2D eigenvalue weighted by molar-refractivity contribution is 0.0718. The Balaban J connectivity index is 2.08. The first-order valence-corrected chi connectivity index (χ1v) is 7.92. The summed E-state index contributed by atoms with van der Waals surface area (Å²) >= 11 is 0. The molecule has 1 atom stereocenters. The Morgan fingerprint density at radius 3 is 2.52 bits per heavy atom. The lowest BCUT2D eigenvalue weighted by Crippen LogP contribution is -2.53. The van der Waals surface area contributed by atoms with Gasteiger partial charge >= 0.3 is 0 Å². The quantitative estimate of drug-likeness (QED) is 0.937. The van der Waals surface area contributed by atoms with Gasteiger partial charge in [0.15, 0.2) is 0 Å². The molecule has 0 radical (unpaired) electrons. The number of hydrogen-bond acceptors (Lipinski definition) is 3. The molecular weight excluding hydrogens is 258 g/mol. The largest absolute Gasteiger partial charge is 0.322 e. The predicted molar refractivity (Wildman–Crippen MR) is 88.2 cm³/mol. The second-order valence-electron chi connectivity index (χ2n) is 6.46. The van der Waals surface area contributed by atoms with E-state index in [9.17, 15) is 0 Å². The highest BCUT2D eigenvalue weighted by Crippen LogP contribution is 2.41. The van der Waals surface area contributed by atoms with Gasteiger partial charge in [-0.1, -0.05) is 43.5 Å². The van der Waals surface area contributed by atoms with Crippen LogP contribution >= 0.6 is 0 Å². The molecule has 1 heterocycles. The normalized spacial score (nSPS) is 19.8. The zero-order valence-corrected chi connectivity index (χ0v) is 13.0. The molecule has 1 aromatic carbocycles. The van der Waals surface area contributed by atoms with Gasteiger partial charge in [-0.05, 0) is 38.6 Å². The fourth-order valence-electron chi connectivity index (χ4n) is 3.87. The van der Waals surface area contributed by atoms with Crippen LogP contribution in [0, 0.1) is 0 Å². The third kappa shape index (κ3) is 2.45. The van der Waals surface area contributed by atoms with Crippen LogP contribution in [0.3, 0.4) is 0 Å². The molecular formula is C18H25N3. The molecule has 0 spiro atoms. The van der Waals surface area contributed by atoms with Gasteiger partial charge in [-0.15, -0.1) is 0 Å². The predicted octanol–water partition coefficient (Wildman–Crippen LogP) is 3.50. The van der Waals surface area contributed by atoms with Crippen LogP contribution in [0.4, 0.5) is 0 Å².